The molecule has 0 aliphatic carbocycles. The zero-order valence-corrected chi connectivity index (χ0v) is 14.8. The van der Waals surface area contributed by atoms with E-state index in [1.54, 1.807) is 11.3 Å². The van der Waals surface area contributed by atoms with Crippen molar-refractivity contribution in [1.29, 1.82) is 0 Å². The maximum Gasteiger partial charge on any atom is 0.326 e. The molecule has 3 saturated heterocycles. The monoisotopic (exact) mass is 348 g/mol. The van der Waals surface area contributed by atoms with Gasteiger partial charge in [0.1, 0.15) is 5.54 Å². The van der Waals surface area contributed by atoms with Crippen LogP contribution in [0, 0.1) is 0 Å². The smallest absolute Gasteiger partial charge is 0.323 e. The van der Waals surface area contributed by atoms with Gasteiger partial charge in [-0.25, -0.2) is 9.69 Å². The van der Waals surface area contributed by atoms with Gasteiger partial charge in [-0.1, -0.05) is 6.07 Å². The van der Waals surface area contributed by atoms with E-state index in [1.807, 2.05) is 0 Å². The van der Waals surface area contributed by atoms with E-state index in [-0.39, 0.29) is 11.9 Å². The number of likely N-dealkylation sites (tertiary alicyclic amines) is 2. The second-order valence-corrected chi connectivity index (χ2v) is 8.16. The Morgan fingerprint density at radius 3 is 2.79 bits per heavy atom. The fourth-order valence-electron chi connectivity index (χ4n) is 4.12. The fourth-order valence-corrected chi connectivity index (χ4v) is 5.02. The first kappa shape index (κ1) is 16.1. The van der Waals surface area contributed by atoms with E-state index in [0.29, 0.717) is 25.6 Å². The van der Waals surface area contributed by atoms with Crippen molar-refractivity contribution >= 4 is 23.3 Å². The number of rotatable bonds is 3. The Morgan fingerprint density at radius 1 is 1.29 bits per heavy atom. The number of imide groups is 1. The van der Waals surface area contributed by atoms with Crippen LogP contribution in [0.5, 0.6) is 0 Å². The van der Waals surface area contributed by atoms with Gasteiger partial charge in [0, 0.05) is 30.6 Å². The number of hydrogen-bond acceptors (Lipinski definition) is 5. The summed E-state index contributed by atoms with van der Waals surface area (Å²) in [6.07, 6.45) is 3.63. The van der Waals surface area contributed by atoms with Gasteiger partial charge in [0.15, 0.2) is 0 Å². The summed E-state index contributed by atoms with van der Waals surface area (Å²) in [7, 11) is 2.06. The second-order valence-electron chi connectivity index (χ2n) is 7.18. The normalized spacial score (nSPS) is 28.0. The van der Waals surface area contributed by atoms with Crippen molar-refractivity contribution in [2.24, 2.45) is 0 Å². The van der Waals surface area contributed by atoms with Crippen molar-refractivity contribution in [1.82, 2.24) is 20.0 Å². The Hall–Kier alpha value is -1.44. The molecule has 0 aromatic carbocycles. The summed E-state index contributed by atoms with van der Waals surface area (Å²) >= 11 is 1.75. The van der Waals surface area contributed by atoms with Gasteiger partial charge in [0.05, 0.1) is 6.67 Å². The van der Waals surface area contributed by atoms with Gasteiger partial charge in [0.25, 0.3) is 5.91 Å². The van der Waals surface area contributed by atoms with E-state index in [2.05, 4.69) is 39.7 Å². The largest absolute Gasteiger partial charge is 0.326 e. The molecule has 0 unspecified atom stereocenters. The fraction of sp³-hybridized carbons (Fsp3) is 0.647. The van der Waals surface area contributed by atoms with Gasteiger partial charge in [0.2, 0.25) is 0 Å². The molecule has 4 heterocycles. The summed E-state index contributed by atoms with van der Waals surface area (Å²) < 4.78 is 0. The quantitative estimate of drug-likeness (QED) is 0.847. The van der Waals surface area contributed by atoms with Gasteiger partial charge in [-0.2, -0.15) is 0 Å². The van der Waals surface area contributed by atoms with E-state index in [0.717, 1.165) is 32.5 Å². The minimum absolute atomic E-state index is 0.0302. The second kappa shape index (κ2) is 6.13. The zero-order chi connectivity index (χ0) is 16.7. The third-order valence-electron chi connectivity index (χ3n) is 5.64. The summed E-state index contributed by atoms with van der Waals surface area (Å²) in [5.74, 6) is -0.0302. The Balaban J connectivity index is 1.48. The van der Waals surface area contributed by atoms with Crippen LogP contribution in [-0.4, -0.2) is 65.5 Å². The lowest BCUT2D eigenvalue weighted by Gasteiger charge is -2.35. The Kier molecular flexibility index (Phi) is 4.10. The highest BCUT2D eigenvalue weighted by Crippen LogP contribution is 2.36. The molecule has 3 aliphatic rings. The molecule has 130 valence electrons. The molecule has 1 N–H and O–H groups in total. The summed E-state index contributed by atoms with van der Waals surface area (Å²) in [6.45, 7) is 3.04. The van der Waals surface area contributed by atoms with E-state index in [4.69, 9.17) is 0 Å². The van der Waals surface area contributed by atoms with Crippen LogP contribution in [0.15, 0.2) is 17.5 Å². The summed E-state index contributed by atoms with van der Waals surface area (Å²) in [5, 5.41) is 5.09. The molecule has 0 saturated carbocycles. The van der Waals surface area contributed by atoms with Crippen molar-refractivity contribution in [3.05, 3.63) is 22.4 Å². The van der Waals surface area contributed by atoms with Gasteiger partial charge in [-0.15, -0.1) is 11.3 Å². The Bertz CT molecular complexity index is 625. The van der Waals surface area contributed by atoms with Crippen LogP contribution in [0.1, 0.15) is 36.6 Å². The highest BCUT2D eigenvalue weighted by Gasteiger charge is 2.52. The molecular weight excluding hydrogens is 324 g/mol. The van der Waals surface area contributed by atoms with Crippen LogP contribution in [0.3, 0.4) is 0 Å². The van der Waals surface area contributed by atoms with Gasteiger partial charge < -0.3 is 10.2 Å². The predicted molar refractivity (Wildman–Crippen MR) is 92.7 cm³/mol. The number of thiophene rings is 1. The van der Waals surface area contributed by atoms with Crippen molar-refractivity contribution in [3.63, 3.8) is 0 Å². The standard InChI is InChI=1S/C17H24N4O2S/c1-19-9-6-17(7-10-19)15(22)21(16(23)18-17)12-20-8-2-4-13(20)14-5-3-11-24-14/h3,5,11,13H,2,4,6-10,12H2,1H3,(H,18,23)/t13-/m0/s1. The third-order valence-corrected chi connectivity index (χ3v) is 6.62. The van der Waals surface area contributed by atoms with Crippen LogP contribution >= 0.6 is 11.3 Å². The lowest BCUT2D eigenvalue weighted by molar-refractivity contribution is -0.134. The molecule has 1 spiro atoms. The number of urea groups is 1. The van der Waals surface area contributed by atoms with Crippen LogP contribution < -0.4 is 5.32 Å². The molecule has 7 heteroatoms. The number of amides is 3. The average Bonchev–Trinajstić information content (AvgIpc) is 3.28. The highest BCUT2D eigenvalue weighted by molar-refractivity contribution is 7.10. The van der Waals surface area contributed by atoms with Crippen molar-refractivity contribution in [2.45, 2.75) is 37.3 Å². The number of hydrogen-bond donors (Lipinski definition) is 1. The number of nitrogens with zero attached hydrogens (tertiary/aromatic N) is 3. The topological polar surface area (TPSA) is 55.9 Å². The molecule has 6 nitrogen and oxygen atoms in total. The van der Waals surface area contributed by atoms with Crippen molar-refractivity contribution in [2.75, 3.05) is 33.4 Å². The summed E-state index contributed by atoms with van der Waals surface area (Å²) in [4.78, 5) is 32.7. The molecule has 1 aromatic heterocycles. The lowest BCUT2D eigenvalue weighted by atomic mass is 9.88. The number of nitrogens with one attached hydrogen (secondary N) is 1. The zero-order valence-electron chi connectivity index (χ0n) is 14.0. The van der Waals surface area contributed by atoms with Gasteiger partial charge in [-0.05, 0) is 44.2 Å². The van der Waals surface area contributed by atoms with Gasteiger partial charge in [-0.3, -0.25) is 9.69 Å². The van der Waals surface area contributed by atoms with Gasteiger partial charge >= 0.3 is 6.03 Å². The van der Waals surface area contributed by atoms with Crippen molar-refractivity contribution in [3.8, 4) is 0 Å². The Labute approximate surface area is 146 Å². The number of piperidine rings is 1. The molecule has 1 aromatic rings. The van der Waals surface area contributed by atoms with Crippen LogP contribution in [0.25, 0.3) is 0 Å². The first-order valence-corrected chi connectivity index (χ1v) is 9.57. The number of carbonyl (C=O) groups excluding carboxylic acids is 2. The highest BCUT2D eigenvalue weighted by atomic mass is 32.1. The van der Waals surface area contributed by atoms with E-state index in [9.17, 15) is 9.59 Å². The maximum atomic E-state index is 13.0. The van der Waals surface area contributed by atoms with E-state index < -0.39 is 5.54 Å². The van der Waals surface area contributed by atoms with Crippen LogP contribution in [0.2, 0.25) is 0 Å². The summed E-state index contributed by atoms with van der Waals surface area (Å²) in [6, 6.07) is 4.33. The summed E-state index contributed by atoms with van der Waals surface area (Å²) in [5.41, 5.74) is -0.665. The molecule has 1 atom stereocenters. The molecule has 3 amide bonds. The number of carbonyl (C=O) groups is 2. The average molecular weight is 348 g/mol. The van der Waals surface area contributed by atoms with Crippen LogP contribution in [-0.2, 0) is 4.79 Å². The van der Waals surface area contributed by atoms with Crippen molar-refractivity contribution < 1.29 is 9.59 Å². The van der Waals surface area contributed by atoms with Crippen LogP contribution in [0.4, 0.5) is 4.79 Å². The SMILES string of the molecule is CN1CCC2(CC1)NC(=O)N(CN1CCC[C@H]1c1cccs1)C2=O. The van der Waals surface area contributed by atoms with E-state index in [1.165, 1.54) is 9.78 Å². The minimum atomic E-state index is -0.665. The minimum Gasteiger partial charge on any atom is -0.323 e. The molecule has 4 rings (SSSR count). The molecule has 3 fully saturated rings. The predicted octanol–water partition coefficient (Wildman–Crippen LogP) is 1.86. The molecule has 24 heavy (non-hydrogen) atoms. The molecule has 0 radical (unpaired) electrons. The first-order chi connectivity index (χ1) is 11.6. The Morgan fingerprint density at radius 2 is 2.08 bits per heavy atom. The maximum absolute atomic E-state index is 13.0. The van der Waals surface area contributed by atoms with E-state index >= 15 is 0 Å². The first-order valence-electron chi connectivity index (χ1n) is 8.69. The lowest BCUT2D eigenvalue weighted by Crippen LogP contribution is -2.54. The molecular formula is C17H24N4O2S. The molecule has 3 aliphatic heterocycles. The third kappa shape index (κ3) is 2.64. The molecule has 0 bridgehead atoms.